The van der Waals surface area contributed by atoms with Crippen LogP contribution in [-0.2, 0) is 105 Å². The van der Waals surface area contributed by atoms with Crippen LogP contribution < -0.4 is 52.0 Å². The van der Waals surface area contributed by atoms with E-state index in [9.17, 15) is 82.2 Å². The van der Waals surface area contributed by atoms with Crippen LogP contribution in [0.4, 0.5) is 36.6 Å². The molecule has 2 aliphatic heterocycles. The predicted molar refractivity (Wildman–Crippen MR) is 356 cm³/mol. The number of nitrogen functional groups attached to an aromatic ring is 2. The Labute approximate surface area is 617 Å². The number of amides is 2. The van der Waals surface area contributed by atoms with Gasteiger partial charge in [0.05, 0.1) is 59.5 Å². The van der Waals surface area contributed by atoms with Crippen LogP contribution in [0.15, 0.2) is 94.4 Å². The van der Waals surface area contributed by atoms with Crippen LogP contribution in [0.1, 0.15) is 78.6 Å². The first kappa shape index (κ1) is 88.3. The molecular formula is C60H72F6N14O24S4. The van der Waals surface area contributed by atoms with E-state index in [1.54, 1.807) is 24.3 Å². The molecule has 8 rings (SSSR count). The molecule has 0 spiro atoms. The van der Waals surface area contributed by atoms with E-state index in [2.05, 4.69) is 28.8 Å². The van der Waals surface area contributed by atoms with Crippen molar-refractivity contribution in [3.8, 4) is 33.8 Å². The van der Waals surface area contributed by atoms with E-state index in [1.807, 2.05) is 81.9 Å². The number of hydroxylamine groups is 4. The fourth-order valence-electron chi connectivity index (χ4n) is 9.42. The van der Waals surface area contributed by atoms with Crippen molar-refractivity contribution in [3.63, 3.8) is 0 Å². The smallest absolute Gasteiger partial charge is 0.430 e. The minimum atomic E-state index is -5.19. The Morgan fingerprint density at radius 1 is 0.593 bits per heavy atom. The predicted octanol–water partition coefficient (Wildman–Crippen LogP) is 0.479. The molecule has 2 aromatic carbocycles. The fraction of sp³-hybridized carbons (Fsp3) is 0.433. The molecule has 0 aliphatic carbocycles. The number of aryl methyl sites for hydroxylation is 4. The highest BCUT2D eigenvalue weighted by Crippen LogP contribution is 2.42. The summed E-state index contributed by atoms with van der Waals surface area (Å²) in [5.74, 6) is -13.7. The van der Waals surface area contributed by atoms with Crippen molar-refractivity contribution in [2.75, 3.05) is 37.8 Å². The highest BCUT2D eigenvalue weighted by Gasteiger charge is 2.59. The zero-order chi connectivity index (χ0) is 81.6. The molecule has 6 heterocycles. The molecule has 592 valence electrons. The zero-order valence-corrected chi connectivity index (χ0v) is 61.2. The summed E-state index contributed by atoms with van der Waals surface area (Å²) in [5.41, 5.74) is 18.8. The number of nitrogens with zero attached hydrogens (tertiary/aromatic N) is 10. The van der Waals surface area contributed by atoms with Crippen LogP contribution in [0, 0.1) is 11.8 Å². The van der Waals surface area contributed by atoms with Crippen molar-refractivity contribution < 1.29 is 148 Å². The maximum absolute atomic E-state index is 13.4. The van der Waals surface area contributed by atoms with Crippen molar-refractivity contribution in [2.45, 2.75) is 115 Å². The first-order chi connectivity index (χ1) is 49.8. The molecule has 0 bridgehead atoms. The van der Waals surface area contributed by atoms with E-state index >= 15 is 0 Å². The molecule has 6 aromatic rings. The Kier molecular flexibility index (Phi) is 29.1. The summed E-state index contributed by atoms with van der Waals surface area (Å²) in [5, 5.41) is 49.1. The molecule has 4 aromatic heterocycles. The standard InChI is InChI=1S/2C28H35N7O10S2.2C2HF3O2/c2*1-27(2)20(24(37)35(27)45-47(40,41)42)12-22(36)23(21-15-46-26(30)31-21)32-44-28(3,25(38)39)16-43-19-8-6-17(7-9-19)18-13-33(4)34(14-18)11-5-10-29;2*3-2(4,5)1(6)7/h2*6-9,13-15,20H,5,10-12,16,29H2,1-4H3,(H3-,30,31,38,39,40,41,42);2*(H,6,7)/b2*32-23-;;/t20-,28+;20-,28-;;/m11../s1. The molecule has 2 aliphatic rings. The van der Waals surface area contributed by atoms with Crippen LogP contribution in [0.3, 0.4) is 0 Å². The molecule has 0 saturated carbocycles. The van der Waals surface area contributed by atoms with Gasteiger partial charge in [-0.1, -0.05) is 34.6 Å². The van der Waals surface area contributed by atoms with Crippen molar-refractivity contribution in [3.05, 3.63) is 95.5 Å². The molecule has 108 heavy (non-hydrogen) atoms. The number of halogens is 6. The first-order valence-electron chi connectivity index (χ1n) is 30.8. The number of carbonyl (C=O) groups is 8. The number of benzene rings is 2. The van der Waals surface area contributed by atoms with Gasteiger partial charge in [0, 0.05) is 23.6 Å². The third-order valence-electron chi connectivity index (χ3n) is 15.6. The second-order valence-electron chi connectivity index (χ2n) is 24.6. The fourth-order valence-corrected chi connectivity index (χ4v) is 11.4. The van der Waals surface area contributed by atoms with E-state index in [0.717, 1.165) is 70.9 Å². The van der Waals surface area contributed by atoms with Gasteiger partial charge in [0.15, 0.2) is 47.3 Å². The molecule has 12 N–H and O–H groups in total. The second kappa shape index (κ2) is 35.6. The number of carboxylic acids is 4. The molecular weight excluding hydrogens is 1540 g/mol. The van der Waals surface area contributed by atoms with Gasteiger partial charge in [-0.2, -0.15) is 62.7 Å². The quantitative estimate of drug-likeness (QED) is 0.00711. The Morgan fingerprint density at radius 3 is 1.14 bits per heavy atom. The summed E-state index contributed by atoms with van der Waals surface area (Å²) in [6, 6.07) is 14.0. The van der Waals surface area contributed by atoms with E-state index in [0.29, 0.717) is 34.7 Å². The highest BCUT2D eigenvalue weighted by molar-refractivity contribution is 7.81. The highest BCUT2D eigenvalue weighted by atomic mass is 32.3. The summed E-state index contributed by atoms with van der Waals surface area (Å²) >= 11 is 1.98. The van der Waals surface area contributed by atoms with Gasteiger partial charge in [-0.05, 0) is 103 Å². The van der Waals surface area contributed by atoms with Crippen molar-refractivity contribution in [2.24, 2.45) is 47.7 Å². The third-order valence-corrected chi connectivity index (χ3v) is 17.6. The SMILES string of the molecule is C[n+]1cc(-c2ccc(OC[C@@](C)(O/N=C(\C(=O)C[C@@H]3C(=O)N(OS(=O)(=O)O)C3(C)C)c3csc(N)n3)C(=O)O)cc2)cn1CCCN.C[n+]1cc(-c2ccc(OC[C@](C)(O/N=C(\C(=O)C[C@@H]3C(=O)N(OS(=O)(=O)O)C3(C)C)c3csc(N)n3)C(=O)O)cc2)cn1CCCN.O=C([O-])C(F)(F)F.O=C([O-])C(F)(F)F. The molecule has 0 radical (unpaired) electrons. The number of oxime groups is 2. The number of nitrogens with two attached hydrogens (primary N) is 4. The zero-order valence-electron chi connectivity index (χ0n) is 57.9. The number of aliphatic carboxylic acids is 4. The number of anilines is 2. The van der Waals surface area contributed by atoms with Gasteiger partial charge in [-0.25, -0.2) is 19.6 Å². The molecule has 2 saturated heterocycles. The monoisotopic (exact) mass is 1610 g/mol. The number of thiazole rings is 2. The third kappa shape index (κ3) is 23.8. The molecule has 0 unspecified atom stereocenters. The Balaban J connectivity index is 0.000000328. The van der Waals surface area contributed by atoms with Crippen molar-refractivity contribution >= 4 is 112 Å². The largest absolute Gasteiger partial charge is 0.542 e. The Hall–Kier alpha value is -10.3. The lowest BCUT2D eigenvalue weighted by Crippen LogP contribution is -2.68. The number of Topliss-reactive ketones (excluding diaryl/α,β-unsaturated/α-hetero) is 2. The number of hydrogen-bond acceptors (Lipinski definition) is 30. The number of hydrogen-bond donors (Lipinski definition) is 8. The number of β-lactam (4-membered cyclic amide) rings is 2. The Morgan fingerprint density at radius 2 is 0.898 bits per heavy atom. The minimum absolute atomic E-state index is 0.0253. The van der Waals surface area contributed by atoms with Gasteiger partial charge in [-0.15, -0.1) is 40.6 Å². The number of ether oxygens (including phenoxy) is 2. The molecule has 2 amide bonds. The number of alkyl halides is 6. The van der Waals surface area contributed by atoms with Crippen LogP contribution in [0.2, 0.25) is 0 Å². The normalized spacial score (nSPS) is 16.8. The summed E-state index contributed by atoms with van der Waals surface area (Å²) in [7, 11) is -6.13. The van der Waals surface area contributed by atoms with Gasteiger partial charge in [0.1, 0.15) is 48.0 Å². The summed E-state index contributed by atoms with van der Waals surface area (Å²) < 4.78 is 154. The topological polar surface area (TPSA) is 566 Å². The van der Waals surface area contributed by atoms with E-state index in [-0.39, 0.29) is 21.7 Å². The lowest BCUT2D eigenvalue weighted by molar-refractivity contribution is -0.753. The molecule has 4 atom stereocenters. The van der Waals surface area contributed by atoms with Gasteiger partial charge < -0.3 is 72.1 Å². The van der Waals surface area contributed by atoms with Crippen molar-refractivity contribution in [1.82, 2.24) is 29.5 Å². The molecule has 2 fully saturated rings. The maximum Gasteiger partial charge on any atom is 0.430 e. The van der Waals surface area contributed by atoms with E-state index < -0.39 is 152 Å². The summed E-state index contributed by atoms with van der Waals surface area (Å²) in [6.07, 6.45) is -1.78. The average molecular weight is 1620 g/mol. The number of carboxylic acid groups (broad SMARTS) is 4. The average Bonchev–Trinajstić information content (AvgIpc) is 1.16. The lowest BCUT2D eigenvalue weighted by Gasteiger charge is -2.50. The summed E-state index contributed by atoms with van der Waals surface area (Å²) in [4.78, 5) is 113. The number of aromatic nitrogens is 6. The second-order valence-corrected chi connectivity index (χ2v) is 28.4. The first-order valence-corrected chi connectivity index (χ1v) is 35.3. The van der Waals surface area contributed by atoms with E-state index in [1.165, 1.54) is 52.3 Å². The number of carbonyl (C=O) groups excluding carboxylic acids is 6. The minimum Gasteiger partial charge on any atom is -0.542 e. The van der Waals surface area contributed by atoms with Crippen LogP contribution >= 0.6 is 22.7 Å². The van der Waals surface area contributed by atoms with Gasteiger partial charge in [0.25, 0.3) is 23.0 Å². The molecule has 48 heteroatoms. The van der Waals surface area contributed by atoms with Crippen LogP contribution in [-0.4, -0.2) is 185 Å². The van der Waals surface area contributed by atoms with Crippen LogP contribution in [0.5, 0.6) is 11.5 Å². The Bertz CT molecular complexity index is 4280. The van der Waals surface area contributed by atoms with Crippen LogP contribution in [0.25, 0.3) is 22.3 Å². The lowest BCUT2D eigenvalue weighted by atomic mass is 9.74. The van der Waals surface area contributed by atoms with Gasteiger partial charge in [-0.3, -0.25) is 28.3 Å². The number of rotatable bonds is 32. The van der Waals surface area contributed by atoms with Gasteiger partial charge >= 0.3 is 45.1 Å². The van der Waals surface area contributed by atoms with Crippen molar-refractivity contribution in [1.29, 1.82) is 0 Å². The van der Waals surface area contributed by atoms with Gasteiger partial charge in [0.2, 0.25) is 12.4 Å². The van der Waals surface area contributed by atoms with E-state index in [4.69, 9.17) is 71.0 Å². The summed E-state index contributed by atoms with van der Waals surface area (Å²) in [6.45, 7) is 9.81. The maximum atomic E-state index is 13.4. The number of ketones is 2. The molecule has 38 nitrogen and oxygen atoms in total.